The molecule has 0 saturated carbocycles. The summed E-state index contributed by atoms with van der Waals surface area (Å²) in [7, 11) is 1.54. The number of ether oxygens (including phenoxy) is 1. The second kappa shape index (κ2) is 8.38. The number of hydrogen-bond donors (Lipinski definition) is 2. The number of thiophene rings is 1. The maximum absolute atomic E-state index is 14.1. The lowest BCUT2D eigenvalue weighted by Crippen LogP contribution is -2.40. The molecule has 4 nitrogen and oxygen atoms in total. The monoisotopic (exact) mass is 338 g/mol. The molecule has 0 radical (unpaired) electrons. The zero-order chi connectivity index (χ0) is 16.8. The highest BCUT2D eigenvalue weighted by molar-refractivity contribution is 7.21. The number of methoxy groups -OCH3 is 1. The summed E-state index contributed by atoms with van der Waals surface area (Å²) in [6.07, 6.45) is 2.90. The van der Waals surface area contributed by atoms with Crippen LogP contribution in [0, 0.1) is 5.82 Å². The number of amides is 1. The molecule has 2 rings (SSSR count). The Balaban J connectivity index is 2.32. The van der Waals surface area contributed by atoms with Gasteiger partial charge in [0.15, 0.2) is 0 Å². The molecule has 0 fully saturated rings. The van der Waals surface area contributed by atoms with E-state index in [-0.39, 0.29) is 24.4 Å². The van der Waals surface area contributed by atoms with Crippen LogP contribution in [0.3, 0.4) is 0 Å². The standard InChI is InChI=1S/C17H23FN2O2S/c1-3-4-6-11(9-19)20-17(21)16-12(10-22-2)15-13(18)7-5-8-14(15)23-16/h5,7-8,11H,3-4,6,9-10,19H2,1-2H3,(H,20,21). The van der Waals surface area contributed by atoms with E-state index in [1.165, 1.54) is 24.5 Å². The fraction of sp³-hybridized carbons (Fsp3) is 0.471. The quantitative estimate of drug-likeness (QED) is 0.775. The Labute approximate surface area is 139 Å². The van der Waals surface area contributed by atoms with Crippen molar-refractivity contribution in [3.8, 4) is 0 Å². The molecule has 1 amide bonds. The summed E-state index contributed by atoms with van der Waals surface area (Å²) in [6, 6.07) is 4.81. The molecule has 0 aliphatic heterocycles. The molecule has 23 heavy (non-hydrogen) atoms. The van der Waals surface area contributed by atoms with Gasteiger partial charge in [-0.15, -0.1) is 11.3 Å². The van der Waals surface area contributed by atoms with Crippen molar-refractivity contribution >= 4 is 27.3 Å². The first kappa shape index (κ1) is 17.8. The molecular formula is C17H23FN2O2S. The number of nitrogens with one attached hydrogen (secondary N) is 1. The molecule has 1 heterocycles. The van der Waals surface area contributed by atoms with Gasteiger partial charge in [0, 0.05) is 35.3 Å². The van der Waals surface area contributed by atoms with Crippen LogP contribution >= 0.6 is 11.3 Å². The molecule has 0 aliphatic rings. The molecule has 0 saturated heterocycles. The highest BCUT2D eigenvalue weighted by atomic mass is 32.1. The lowest BCUT2D eigenvalue weighted by Gasteiger charge is -2.16. The van der Waals surface area contributed by atoms with Crippen molar-refractivity contribution in [2.45, 2.75) is 38.8 Å². The predicted octanol–water partition coefficient (Wildman–Crippen LogP) is 3.43. The lowest BCUT2D eigenvalue weighted by atomic mass is 10.1. The highest BCUT2D eigenvalue weighted by Crippen LogP contribution is 2.33. The average Bonchev–Trinajstić information content (AvgIpc) is 2.92. The van der Waals surface area contributed by atoms with Gasteiger partial charge in [-0.3, -0.25) is 4.79 Å². The van der Waals surface area contributed by atoms with Crippen LogP contribution in [0.1, 0.15) is 41.4 Å². The number of rotatable bonds is 8. The summed E-state index contributed by atoms with van der Waals surface area (Å²) in [5, 5.41) is 3.44. The molecule has 0 bridgehead atoms. The van der Waals surface area contributed by atoms with E-state index in [2.05, 4.69) is 12.2 Å². The molecule has 1 atom stereocenters. The Hall–Kier alpha value is -1.50. The number of carbonyl (C=O) groups excluding carboxylic acids is 1. The molecule has 0 aliphatic carbocycles. The first-order valence-corrected chi connectivity index (χ1v) is 8.63. The van der Waals surface area contributed by atoms with Gasteiger partial charge in [0.05, 0.1) is 11.5 Å². The molecule has 3 N–H and O–H groups in total. The Kier molecular flexibility index (Phi) is 6.50. The smallest absolute Gasteiger partial charge is 0.262 e. The number of carbonyl (C=O) groups is 1. The van der Waals surface area contributed by atoms with Crippen molar-refractivity contribution < 1.29 is 13.9 Å². The predicted molar refractivity (Wildman–Crippen MR) is 92.3 cm³/mol. The third kappa shape index (κ3) is 4.07. The van der Waals surface area contributed by atoms with Gasteiger partial charge in [0.25, 0.3) is 5.91 Å². The van der Waals surface area contributed by atoms with Gasteiger partial charge in [-0.2, -0.15) is 0 Å². The zero-order valence-corrected chi connectivity index (χ0v) is 14.3. The summed E-state index contributed by atoms with van der Waals surface area (Å²) in [4.78, 5) is 13.1. The van der Waals surface area contributed by atoms with E-state index >= 15 is 0 Å². The fourth-order valence-corrected chi connectivity index (χ4v) is 3.71. The third-order valence-corrected chi connectivity index (χ3v) is 4.98. The Bertz CT molecular complexity index is 672. The van der Waals surface area contributed by atoms with Crippen LogP contribution in [0.15, 0.2) is 18.2 Å². The Morgan fingerprint density at radius 2 is 2.26 bits per heavy atom. The van der Waals surface area contributed by atoms with Crippen molar-refractivity contribution in [1.82, 2.24) is 5.32 Å². The van der Waals surface area contributed by atoms with Gasteiger partial charge in [-0.1, -0.05) is 25.8 Å². The van der Waals surface area contributed by atoms with Crippen LogP contribution in [-0.4, -0.2) is 25.6 Å². The lowest BCUT2D eigenvalue weighted by molar-refractivity contribution is 0.0935. The van der Waals surface area contributed by atoms with Gasteiger partial charge >= 0.3 is 0 Å². The van der Waals surface area contributed by atoms with Crippen LogP contribution in [0.2, 0.25) is 0 Å². The van der Waals surface area contributed by atoms with Gasteiger partial charge in [0.1, 0.15) is 5.82 Å². The molecule has 6 heteroatoms. The van der Waals surface area contributed by atoms with Gasteiger partial charge < -0.3 is 15.8 Å². The minimum Gasteiger partial charge on any atom is -0.380 e. The third-order valence-electron chi connectivity index (χ3n) is 3.78. The molecular weight excluding hydrogens is 315 g/mol. The van der Waals surface area contributed by atoms with Crippen LogP contribution < -0.4 is 11.1 Å². The van der Waals surface area contributed by atoms with E-state index in [1.807, 2.05) is 6.07 Å². The number of nitrogens with two attached hydrogens (primary N) is 1. The second-order valence-electron chi connectivity index (χ2n) is 5.50. The van der Waals surface area contributed by atoms with Gasteiger partial charge in [-0.05, 0) is 18.6 Å². The zero-order valence-electron chi connectivity index (χ0n) is 13.5. The van der Waals surface area contributed by atoms with Crippen molar-refractivity contribution in [3.63, 3.8) is 0 Å². The topological polar surface area (TPSA) is 64.3 Å². The number of halogens is 1. The number of hydrogen-bond acceptors (Lipinski definition) is 4. The average molecular weight is 338 g/mol. The molecule has 126 valence electrons. The van der Waals surface area contributed by atoms with E-state index in [9.17, 15) is 9.18 Å². The van der Waals surface area contributed by atoms with Crippen molar-refractivity contribution in [2.75, 3.05) is 13.7 Å². The number of unbranched alkanes of at least 4 members (excludes halogenated alkanes) is 1. The maximum Gasteiger partial charge on any atom is 0.262 e. The Morgan fingerprint density at radius 3 is 2.91 bits per heavy atom. The minimum absolute atomic E-state index is 0.0621. The first-order valence-electron chi connectivity index (χ1n) is 7.82. The van der Waals surface area contributed by atoms with E-state index in [4.69, 9.17) is 10.5 Å². The van der Waals surface area contributed by atoms with Crippen LogP contribution in [-0.2, 0) is 11.3 Å². The first-order chi connectivity index (χ1) is 11.1. The normalized spacial score (nSPS) is 12.5. The molecule has 2 aromatic rings. The number of benzene rings is 1. The van der Waals surface area contributed by atoms with Gasteiger partial charge in [0.2, 0.25) is 0 Å². The van der Waals surface area contributed by atoms with Gasteiger partial charge in [-0.25, -0.2) is 4.39 Å². The summed E-state index contributed by atoms with van der Waals surface area (Å²) < 4.78 is 20.1. The van der Waals surface area contributed by atoms with Crippen LogP contribution in [0.5, 0.6) is 0 Å². The Morgan fingerprint density at radius 1 is 1.48 bits per heavy atom. The molecule has 0 spiro atoms. The SMILES string of the molecule is CCCCC(CN)NC(=O)c1sc2cccc(F)c2c1COC. The molecule has 1 aromatic heterocycles. The van der Waals surface area contributed by atoms with Crippen LogP contribution in [0.4, 0.5) is 4.39 Å². The molecule has 1 aromatic carbocycles. The number of fused-ring (bicyclic) bond motifs is 1. The van der Waals surface area contributed by atoms with Crippen LogP contribution in [0.25, 0.3) is 10.1 Å². The highest BCUT2D eigenvalue weighted by Gasteiger charge is 2.22. The summed E-state index contributed by atoms with van der Waals surface area (Å²) in [5.74, 6) is -0.532. The van der Waals surface area contributed by atoms with Crippen molar-refractivity contribution in [2.24, 2.45) is 5.73 Å². The fourth-order valence-electron chi connectivity index (χ4n) is 2.58. The van der Waals surface area contributed by atoms with E-state index in [1.54, 1.807) is 6.07 Å². The van der Waals surface area contributed by atoms with Crippen molar-refractivity contribution in [1.29, 1.82) is 0 Å². The summed E-state index contributed by atoms with van der Waals surface area (Å²) in [5.41, 5.74) is 6.35. The second-order valence-corrected chi connectivity index (χ2v) is 6.56. The minimum atomic E-state index is -0.328. The summed E-state index contributed by atoms with van der Waals surface area (Å²) >= 11 is 1.29. The molecule has 1 unspecified atom stereocenters. The summed E-state index contributed by atoms with van der Waals surface area (Å²) in [6.45, 7) is 2.69. The maximum atomic E-state index is 14.1. The van der Waals surface area contributed by atoms with E-state index in [0.717, 1.165) is 24.0 Å². The van der Waals surface area contributed by atoms with E-state index in [0.29, 0.717) is 22.4 Å². The largest absolute Gasteiger partial charge is 0.380 e. The van der Waals surface area contributed by atoms with Crippen molar-refractivity contribution in [3.05, 3.63) is 34.5 Å². The van der Waals surface area contributed by atoms with E-state index < -0.39 is 0 Å².